The fraction of sp³-hybridized carbons (Fsp3) is 0.308. The third-order valence-corrected chi connectivity index (χ3v) is 2.70. The molecule has 0 fully saturated rings. The Morgan fingerprint density at radius 1 is 1.15 bits per heavy atom. The Hall–Kier alpha value is -2.08. The van der Waals surface area contributed by atoms with E-state index in [-0.39, 0.29) is 5.28 Å². The molecule has 0 aliphatic heterocycles. The maximum absolute atomic E-state index is 5.85. The van der Waals surface area contributed by atoms with Crippen molar-refractivity contribution in [3.05, 3.63) is 35.1 Å². The Bertz CT molecular complexity index is 578. The summed E-state index contributed by atoms with van der Waals surface area (Å²) in [6.07, 6.45) is 0. The molecule has 6 nitrogen and oxygen atoms in total. The Balaban J connectivity index is 2.06. The zero-order valence-electron chi connectivity index (χ0n) is 11.4. The number of nitrogens with zero attached hydrogens (tertiary/aromatic N) is 3. The van der Waals surface area contributed by atoms with Crippen molar-refractivity contribution in [2.24, 2.45) is 0 Å². The fourth-order valence-electron chi connectivity index (χ4n) is 1.63. The van der Waals surface area contributed by atoms with Crippen molar-refractivity contribution in [2.75, 3.05) is 24.3 Å². The third kappa shape index (κ3) is 3.96. The average Bonchev–Trinajstić information content (AvgIpc) is 2.45. The zero-order chi connectivity index (χ0) is 14.4. The van der Waals surface area contributed by atoms with Crippen molar-refractivity contribution < 1.29 is 4.74 Å². The molecule has 1 aromatic carbocycles. The molecule has 1 aromatic heterocycles. The van der Waals surface area contributed by atoms with Crippen LogP contribution in [-0.4, -0.2) is 28.6 Å². The van der Waals surface area contributed by atoms with Crippen LogP contribution >= 0.6 is 11.6 Å². The van der Waals surface area contributed by atoms with Crippen LogP contribution in [0.15, 0.2) is 24.3 Å². The monoisotopic (exact) mass is 293 g/mol. The number of hydrogen-bond acceptors (Lipinski definition) is 6. The van der Waals surface area contributed by atoms with Gasteiger partial charge in [0.05, 0.1) is 7.11 Å². The molecular weight excluding hydrogens is 278 g/mol. The Morgan fingerprint density at radius 3 is 2.60 bits per heavy atom. The molecule has 2 aromatic rings. The number of anilines is 2. The van der Waals surface area contributed by atoms with Gasteiger partial charge in [0, 0.05) is 13.1 Å². The summed E-state index contributed by atoms with van der Waals surface area (Å²) in [4.78, 5) is 12.2. The first kappa shape index (κ1) is 14.3. The van der Waals surface area contributed by atoms with Gasteiger partial charge < -0.3 is 15.4 Å². The molecule has 0 saturated heterocycles. The lowest BCUT2D eigenvalue weighted by atomic mass is 10.2. The van der Waals surface area contributed by atoms with Gasteiger partial charge in [-0.3, -0.25) is 0 Å². The summed E-state index contributed by atoms with van der Waals surface area (Å²) in [5, 5.41) is 6.26. The summed E-state index contributed by atoms with van der Waals surface area (Å²) in [5.74, 6) is 1.70. The summed E-state index contributed by atoms with van der Waals surface area (Å²) in [6.45, 7) is 3.25. The summed E-state index contributed by atoms with van der Waals surface area (Å²) >= 11 is 5.85. The van der Waals surface area contributed by atoms with Gasteiger partial charge >= 0.3 is 0 Å². The highest BCUT2D eigenvalue weighted by Crippen LogP contribution is 2.14. The van der Waals surface area contributed by atoms with Crippen LogP contribution in [0.25, 0.3) is 0 Å². The van der Waals surface area contributed by atoms with Crippen LogP contribution in [0.2, 0.25) is 5.28 Å². The van der Waals surface area contributed by atoms with E-state index >= 15 is 0 Å². The highest BCUT2D eigenvalue weighted by molar-refractivity contribution is 6.28. The van der Waals surface area contributed by atoms with E-state index in [1.165, 1.54) is 0 Å². The number of halogens is 1. The van der Waals surface area contributed by atoms with Crippen molar-refractivity contribution in [2.45, 2.75) is 13.5 Å². The van der Waals surface area contributed by atoms with Crippen LogP contribution in [0.5, 0.6) is 5.75 Å². The van der Waals surface area contributed by atoms with Gasteiger partial charge in [-0.05, 0) is 36.2 Å². The second kappa shape index (κ2) is 6.91. The van der Waals surface area contributed by atoms with Crippen molar-refractivity contribution in [1.82, 2.24) is 15.0 Å². The lowest BCUT2D eigenvalue weighted by Crippen LogP contribution is -2.09. The van der Waals surface area contributed by atoms with E-state index in [2.05, 4.69) is 25.6 Å². The summed E-state index contributed by atoms with van der Waals surface area (Å²) in [6, 6.07) is 7.76. The maximum Gasteiger partial charge on any atom is 0.229 e. The standard InChI is InChI=1S/C13H16ClN5O/c1-3-15-12-17-11(14)18-13(19-12)16-8-9-5-4-6-10(7-9)20-2/h4-7H,3,8H2,1-2H3,(H2,15,16,17,18,19). The predicted octanol–water partition coefficient (Wildman–Crippen LogP) is 2.58. The highest BCUT2D eigenvalue weighted by Gasteiger charge is 2.04. The first-order valence-corrected chi connectivity index (χ1v) is 6.61. The van der Waals surface area contributed by atoms with E-state index in [4.69, 9.17) is 16.3 Å². The van der Waals surface area contributed by atoms with Crippen molar-refractivity contribution in [3.63, 3.8) is 0 Å². The molecule has 0 aliphatic rings. The van der Waals surface area contributed by atoms with Gasteiger partial charge in [-0.2, -0.15) is 15.0 Å². The number of hydrogen-bond donors (Lipinski definition) is 2. The average molecular weight is 294 g/mol. The zero-order valence-corrected chi connectivity index (χ0v) is 12.1. The highest BCUT2D eigenvalue weighted by atomic mass is 35.5. The van der Waals surface area contributed by atoms with E-state index in [0.717, 1.165) is 17.9 Å². The first-order chi connectivity index (χ1) is 9.71. The summed E-state index contributed by atoms with van der Waals surface area (Å²) in [7, 11) is 1.64. The molecule has 2 N–H and O–H groups in total. The summed E-state index contributed by atoms with van der Waals surface area (Å²) in [5.41, 5.74) is 1.06. The van der Waals surface area contributed by atoms with Gasteiger partial charge in [-0.15, -0.1) is 0 Å². The minimum absolute atomic E-state index is 0.157. The number of nitrogens with one attached hydrogen (secondary N) is 2. The number of rotatable bonds is 6. The van der Waals surface area contributed by atoms with E-state index in [1.807, 2.05) is 31.2 Å². The van der Waals surface area contributed by atoms with Crippen LogP contribution in [0.3, 0.4) is 0 Å². The third-order valence-electron chi connectivity index (χ3n) is 2.53. The van der Waals surface area contributed by atoms with E-state index in [1.54, 1.807) is 7.11 Å². The molecule has 2 rings (SSSR count). The number of aromatic nitrogens is 3. The van der Waals surface area contributed by atoms with Crippen LogP contribution in [0.4, 0.5) is 11.9 Å². The Morgan fingerprint density at radius 2 is 1.90 bits per heavy atom. The van der Waals surface area contributed by atoms with Gasteiger partial charge in [-0.25, -0.2) is 0 Å². The lowest BCUT2D eigenvalue weighted by Gasteiger charge is -2.08. The number of ether oxygens (including phenoxy) is 1. The minimum atomic E-state index is 0.157. The second-order valence-electron chi connectivity index (χ2n) is 3.99. The van der Waals surface area contributed by atoms with Gasteiger partial charge in [0.2, 0.25) is 17.2 Å². The molecule has 0 amide bonds. The van der Waals surface area contributed by atoms with Gasteiger partial charge in [-0.1, -0.05) is 12.1 Å². The van der Waals surface area contributed by atoms with Crippen LogP contribution in [0.1, 0.15) is 12.5 Å². The van der Waals surface area contributed by atoms with E-state index in [9.17, 15) is 0 Å². The maximum atomic E-state index is 5.85. The first-order valence-electron chi connectivity index (χ1n) is 6.23. The fourth-order valence-corrected chi connectivity index (χ4v) is 1.79. The molecule has 0 unspecified atom stereocenters. The molecule has 0 spiro atoms. The van der Waals surface area contributed by atoms with Gasteiger partial charge in [0.1, 0.15) is 5.75 Å². The Kier molecular flexibility index (Phi) is 4.95. The Labute approximate surface area is 122 Å². The van der Waals surface area contributed by atoms with E-state index < -0.39 is 0 Å². The molecule has 20 heavy (non-hydrogen) atoms. The molecule has 0 radical (unpaired) electrons. The van der Waals surface area contributed by atoms with Gasteiger partial charge in [0.15, 0.2) is 0 Å². The molecule has 106 valence electrons. The number of methoxy groups -OCH3 is 1. The normalized spacial score (nSPS) is 10.2. The lowest BCUT2D eigenvalue weighted by molar-refractivity contribution is 0.414. The van der Waals surface area contributed by atoms with Crippen LogP contribution in [-0.2, 0) is 6.54 Å². The van der Waals surface area contributed by atoms with Crippen molar-refractivity contribution in [3.8, 4) is 5.75 Å². The second-order valence-corrected chi connectivity index (χ2v) is 4.33. The predicted molar refractivity (Wildman–Crippen MR) is 79.3 cm³/mol. The van der Waals surface area contributed by atoms with Crippen molar-refractivity contribution in [1.29, 1.82) is 0 Å². The van der Waals surface area contributed by atoms with Crippen molar-refractivity contribution >= 4 is 23.5 Å². The topological polar surface area (TPSA) is 72.0 Å². The molecule has 0 saturated carbocycles. The van der Waals surface area contributed by atoms with Crippen LogP contribution < -0.4 is 15.4 Å². The molecule has 1 heterocycles. The minimum Gasteiger partial charge on any atom is -0.497 e. The molecule has 0 bridgehead atoms. The summed E-state index contributed by atoms with van der Waals surface area (Å²) < 4.78 is 5.18. The quantitative estimate of drug-likeness (QED) is 0.853. The molecule has 0 aliphatic carbocycles. The molecular formula is C13H16ClN5O. The molecule has 7 heteroatoms. The van der Waals surface area contributed by atoms with Gasteiger partial charge in [0.25, 0.3) is 0 Å². The SMILES string of the molecule is CCNc1nc(Cl)nc(NCc2cccc(OC)c2)n1. The number of benzene rings is 1. The largest absolute Gasteiger partial charge is 0.497 e. The van der Waals surface area contributed by atoms with E-state index in [0.29, 0.717) is 18.4 Å². The smallest absolute Gasteiger partial charge is 0.229 e. The van der Waals surface area contributed by atoms with Crippen LogP contribution in [0, 0.1) is 0 Å². The molecule has 0 atom stereocenters.